The number of nitrogens with one attached hydrogen (secondary N) is 1. The van der Waals surface area contributed by atoms with Crippen molar-refractivity contribution in [1.82, 2.24) is 9.66 Å². The Morgan fingerprint density at radius 3 is 2.40 bits per heavy atom. The van der Waals surface area contributed by atoms with Crippen LogP contribution in [-0.2, 0) is 0 Å². The molecule has 1 aromatic heterocycles. The number of oxime groups is 1. The van der Waals surface area contributed by atoms with Gasteiger partial charge < -0.3 is 9.94 Å². The fourth-order valence-electron chi connectivity index (χ4n) is 4.59. The maximum atomic E-state index is 13.8. The van der Waals surface area contributed by atoms with Gasteiger partial charge in [0.1, 0.15) is 17.1 Å². The number of aryl methyl sites for hydroxylation is 1. The molecule has 0 saturated heterocycles. The zero-order chi connectivity index (χ0) is 30.0. The molecule has 0 amide bonds. The van der Waals surface area contributed by atoms with E-state index in [-0.39, 0.29) is 22.6 Å². The number of nitrogens with zero attached hydrogens (tertiary/aromatic N) is 5. The van der Waals surface area contributed by atoms with Gasteiger partial charge in [-0.05, 0) is 48.9 Å². The molecule has 5 aromatic rings. The fraction of sp³-hybridized carbons (Fsp3) is 0.0690. The lowest BCUT2D eigenvalue weighted by atomic mass is 9.95. The van der Waals surface area contributed by atoms with Crippen LogP contribution in [0.15, 0.2) is 94.9 Å². The summed E-state index contributed by atoms with van der Waals surface area (Å²) in [6.45, 7) is 1.84. The Hall–Kier alpha value is -6.11. The van der Waals surface area contributed by atoms with E-state index in [0.717, 1.165) is 28.4 Å². The topological polar surface area (TPSA) is 175 Å². The Balaban J connectivity index is 1.75. The van der Waals surface area contributed by atoms with Crippen LogP contribution in [0.5, 0.6) is 5.75 Å². The van der Waals surface area contributed by atoms with Crippen LogP contribution in [0.1, 0.15) is 16.7 Å². The second kappa shape index (κ2) is 11.2. The lowest BCUT2D eigenvalue weighted by Crippen LogP contribution is -2.30. The van der Waals surface area contributed by atoms with Crippen LogP contribution in [0.2, 0.25) is 0 Å². The SMILES string of the molecule is COc1ccc(/C(=N/O)c2ccccc2-c2nc3ccccc3c(=O)n2Nc2ccc([N+](=O)[O-])cc2[N+](=O)[O-])cc1C. The molecule has 1 heterocycles. The Kier molecular flexibility index (Phi) is 7.30. The number of fused-ring (bicyclic) bond motifs is 1. The van der Waals surface area contributed by atoms with E-state index >= 15 is 0 Å². The summed E-state index contributed by atoms with van der Waals surface area (Å²) in [5.41, 5.74) is 3.53. The van der Waals surface area contributed by atoms with E-state index in [4.69, 9.17) is 9.72 Å². The first kappa shape index (κ1) is 27.5. The molecule has 42 heavy (non-hydrogen) atoms. The third-order valence-electron chi connectivity index (χ3n) is 6.59. The number of hydrogen-bond acceptors (Lipinski definition) is 10. The molecule has 0 aliphatic rings. The third-order valence-corrected chi connectivity index (χ3v) is 6.59. The van der Waals surface area contributed by atoms with Gasteiger partial charge in [0, 0.05) is 22.8 Å². The zero-order valence-electron chi connectivity index (χ0n) is 22.2. The molecule has 0 atom stereocenters. The van der Waals surface area contributed by atoms with Gasteiger partial charge in [0.15, 0.2) is 5.82 Å². The highest BCUT2D eigenvalue weighted by molar-refractivity contribution is 6.16. The number of ether oxygens (including phenoxy) is 1. The molecule has 0 unspecified atom stereocenters. The molecule has 4 aromatic carbocycles. The molecule has 0 fully saturated rings. The van der Waals surface area contributed by atoms with Crippen LogP contribution >= 0.6 is 0 Å². The number of benzene rings is 4. The molecule has 5 rings (SSSR count). The molecular weight excluding hydrogens is 544 g/mol. The first-order chi connectivity index (χ1) is 20.2. The van der Waals surface area contributed by atoms with Gasteiger partial charge in [0.25, 0.3) is 11.2 Å². The molecule has 0 radical (unpaired) electrons. The monoisotopic (exact) mass is 566 g/mol. The minimum atomic E-state index is -0.787. The van der Waals surface area contributed by atoms with Crippen molar-refractivity contribution in [3.05, 3.63) is 132 Å². The number of methoxy groups -OCH3 is 1. The Morgan fingerprint density at radius 1 is 0.976 bits per heavy atom. The van der Waals surface area contributed by atoms with Crippen molar-refractivity contribution in [2.45, 2.75) is 6.92 Å². The average molecular weight is 567 g/mol. The molecule has 0 aliphatic carbocycles. The van der Waals surface area contributed by atoms with Gasteiger partial charge in [-0.25, -0.2) is 4.98 Å². The van der Waals surface area contributed by atoms with Crippen LogP contribution in [0, 0.1) is 27.2 Å². The smallest absolute Gasteiger partial charge is 0.300 e. The number of nitro groups is 2. The maximum Gasteiger partial charge on any atom is 0.300 e. The molecular formula is C29H22N6O7. The number of aromatic nitrogens is 2. The van der Waals surface area contributed by atoms with Gasteiger partial charge >= 0.3 is 5.69 Å². The first-order valence-corrected chi connectivity index (χ1v) is 12.4. The van der Waals surface area contributed by atoms with Crippen LogP contribution < -0.4 is 15.7 Å². The average Bonchev–Trinajstić information content (AvgIpc) is 2.99. The molecule has 0 bridgehead atoms. The second-order valence-corrected chi connectivity index (χ2v) is 9.10. The molecule has 13 nitrogen and oxygen atoms in total. The highest BCUT2D eigenvalue weighted by Crippen LogP contribution is 2.31. The molecule has 2 N–H and O–H groups in total. The molecule has 13 heteroatoms. The predicted molar refractivity (Wildman–Crippen MR) is 155 cm³/mol. The van der Waals surface area contributed by atoms with Crippen LogP contribution in [0.25, 0.3) is 22.3 Å². The van der Waals surface area contributed by atoms with E-state index < -0.39 is 26.8 Å². The summed E-state index contributed by atoms with van der Waals surface area (Å²) in [5, 5.41) is 37.0. The highest BCUT2D eigenvalue weighted by Gasteiger charge is 2.24. The van der Waals surface area contributed by atoms with E-state index in [9.17, 15) is 30.2 Å². The van der Waals surface area contributed by atoms with E-state index in [1.165, 1.54) is 0 Å². The summed E-state index contributed by atoms with van der Waals surface area (Å²) in [6, 6.07) is 21.6. The minimum absolute atomic E-state index is 0.0494. The van der Waals surface area contributed by atoms with Crippen molar-refractivity contribution in [3.63, 3.8) is 0 Å². The summed E-state index contributed by atoms with van der Waals surface area (Å²) in [7, 11) is 1.55. The zero-order valence-corrected chi connectivity index (χ0v) is 22.2. The van der Waals surface area contributed by atoms with Crippen molar-refractivity contribution in [2.75, 3.05) is 12.5 Å². The van der Waals surface area contributed by atoms with E-state index in [1.807, 2.05) is 6.92 Å². The summed E-state index contributed by atoms with van der Waals surface area (Å²) < 4.78 is 6.37. The van der Waals surface area contributed by atoms with Crippen molar-refractivity contribution in [2.24, 2.45) is 5.16 Å². The molecule has 0 spiro atoms. The van der Waals surface area contributed by atoms with Gasteiger partial charge in [-0.2, -0.15) is 4.68 Å². The van der Waals surface area contributed by atoms with Crippen molar-refractivity contribution < 1.29 is 19.8 Å². The number of hydrogen-bond donors (Lipinski definition) is 2. The fourth-order valence-corrected chi connectivity index (χ4v) is 4.59. The Morgan fingerprint density at radius 2 is 1.71 bits per heavy atom. The van der Waals surface area contributed by atoms with Crippen LogP contribution in [0.4, 0.5) is 17.1 Å². The van der Waals surface area contributed by atoms with E-state index in [0.29, 0.717) is 28.0 Å². The summed E-state index contributed by atoms with van der Waals surface area (Å²) >= 11 is 0. The van der Waals surface area contributed by atoms with Crippen molar-refractivity contribution >= 4 is 33.7 Å². The van der Waals surface area contributed by atoms with Gasteiger partial charge in [0.2, 0.25) is 0 Å². The number of anilines is 1. The number of non-ortho nitro benzene ring substituents is 1. The Bertz CT molecular complexity index is 1970. The van der Waals surface area contributed by atoms with Gasteiger partial charge in [-0.1, -0.05) is 41.6 Å². The van der Waals surface area contributed by atoms with Crippen molar-refractivity contribution in [1.29, 1.82) is 0 Å². The van der Waals surface area contributed by atoms with E-state index in [1.54, 1.807) is 73.8 Å². The molecule has 0 aliphatic heterocycles. The van der Waals surface area contributed by atoms with Crippen molar-refractivity contribution in [3.8, 4) is 17.1 Å². The molecule has 210 valence electrons. The lowest BCUT2D eigenvalue weighted by Gasteiger charge is -2.18. The highest BCUT2D eigenvalue weighted by atomic mass is 16.6. The molecule has 0 saturated carbocycles. The first-order valence-electron chi connectivity index (χ1n) is 12.4. The summed E-state index contributed by atoms with van der Waals surface area (Å²) in [4.78, 5) is 40.1. The maximum absolute atomic E-state index is 13.8. The van der Waals surface area contributed by atoms with Crippen LogP contribution in [-0.4, -0.2) is 37.5 Å². The summed E-state index contributed by atoms with van der Waals surface area (Å²) in [6.07, 6.45) is 0. The van der Waals surface area contributed by atoms with Gasteiger partial charge in [-0.3, -0.25) is 30.4 Å². The van der Waals surface area contributed by atoms with Gasteiger partial charge in [0.05, 0.1) is 33.9 Å². The lowest BCUT2D eigenvalue weighted by molar-refractivity contribution is -0.393. The van der Waals surface area contributed by atoms with E-state index in [2.05, 4.69) is 10.6 Å². The standard InChI is InChI=1S/C29H22N6O7/c1-17-15-18(11-14-26(17)42-2)27(32-37)20-7-3-4-8-21(20)28-30-23-10-6-5-9-22(23)29(36)33(28)31-24-13-12-19(34(38)39)16-25(24)35(40)41/h3-16,31,37H,1-2H3/b32-27-. The van der Waals surface area contributed by atoms with Gasteiger partial charge in [-0.15, -0.1) is 0 Å². The number of rotatable bonds is 8. The van der Waals surface area contributed by atoms with Crippen LogP contribution in [0.3, 0.4) is 0 Å². The Labute approximate surface area is 237 Å². The summed E-state index contributed by atoms with van der Waals surface area (Å²) in [5.74, 6) is 0.691. The number of nitro benzene ring substituents is 2. The quantitative estimate of drug-likeness (QED) is 0.109. The normalized spacial score (nSPS) is 11.3. The predicted octanol–water partition coefficient (Wildman–Crippen LogP) is 5.30. The largest absolute Gasteiger partial charge is 0.496 e. The third kappa shape index (κ3) is 4.97. The number of para-hydroxylation sites is 1. The second-order valence-electron chi connectivity index (χ2n) is 9.10. The minimum Gasteiger partial charge on any atom is -0.496 e.